The van der Waals surface area contributed by atoms with E-state index in [1.807, 2.05) is 17.9 Å². The summed E-state index contributed by atoms with van der Waals surface area (Å²) in [7, 11) is 0.439. The van der Waals surface area contributed by atoms with Gasteiger partial charge >= 0.3 is 0 Å². The predicted molar refractivity (Wildman–Crippen MR) is 77.8 cm³/mol. The van der Waals surface area contributed by atoms with Gasteiger partial charge in [0.25, 0.3) is 0 Å². The summed E-state index contributed by atoms with van der Waals surface area (Å²) in [6.07, 6.45) is 0. The first kappa shape index (κ1) is 15.0. The van der Waals surface area contributed by atoms with Crippen molar-refractivity contribution in [2.24, 2.45) is 0 Å². The van der Waals surface area contributed by atoms with E-state index >= 15 is 0 Å². The quantitative estimate of drug-likeness (QED) is 0.855. The molecule has 2 rings (SSSR count). The molecule has 1 aliphatic heterocycles. The van der Waals surface area contributed by atoms with E-state index in [2.05, 4.69) is 15.3 Å². The maximum Gasteiger partial charge on any atom is 0.158 e. The van der Waals surface area contributed by atoms with Crippen LogP contribution in [-0.4, -0.2) is 56.6 Å². The van der Waals surface area contributed by atoms with Crippen LogP contribution < -0.4 is 10.2 Å². The molecule has 0 saturated carbocycles. The average Bonchev–Trinajstić information content (AvgIpc) is 2.37. The molecule has 1 atom stereocenters. The van der Waals surface area contributed by atoms with Crippen LogP contribution in [0.2, 0.25) is 0 Å². The van der Waals surface area contributed by atoms with E-state index in [9.17, 15) is 8.42 Å². The molecule has 112 valence electrons. The lowest BCUT2D eigenvalue weighted by Crippen LogP contribution is -2.47. The van der Waals surface area contributed by atoms with Crippen molar-refractivity contribution in [2.45, 2.75) is 19.6 Å². The molecule has 0 aliphatic carbocycles. The van der Waals surface area contributed by atoms with Gasteiger partial charge in [0.1, 0.15) is 18.2 Å². The molecule has 1 unspecified atom stereocenters. The minimum Gasteiger partial charge on any atom is -0.377 e. The number of nitrogens with one attached hydrogen (secondary N) is 1. The normalized spacial score (nSPS) is 21.8. The Balaban J connectivity index is 2.29. The van der Waals surface area contributed by atoms with Crippen LogP contribution in [0.15, 0.2) is 6.07 Å². The number of hydrogen-bond donors (Lipinski definition) is 1. The molecule has 1 aliphatic rings. The van der Waals surface area contributed by atoms with Crippen LogP contribution in [0, 0.1) is 0 Å². The number of hydrogen-bond acceptors (Lipinski definition) is 7. The molecule has 2 heterocycles. The van der Waals surface area contributed by atoms with Crippen molar-refractivity contribution in [1.82, 2.24) is 9.97 Å². The van der Waals surface area contributed by atoms with Crippen molar-refractivity contribution in [1.29, 1.82) is 0 Å². The van der Waals surface area contributed by atoms with Gasteiger partial charge in [-0.15, -0.1) is 0 Å². The monoisotopic (exact) mass is 300 g/mol. The summed E-state index contributed by atoms with van der Waals surface area (Å²) in [5.41, 5.74) is 0. The van der Waals surface area contributed by atoms with Crippen LogP contribution in [0.3, 0.4) is 0 Å². The molecule has 0 spiro atoms. The fourth-order valence-corrected chi connectivity index (χ4v) is 3.85. The molecule has 1 aromatic heterocycles. The van der Waals surface area contributed by atoms with Crippen LogP contribution in [0.1, 0.15) is 12.7 Å². The highest BCUT2D eigenvalue weighted by Gasteiger charge is 2.29. The lowest BCUT2D eigenvalue weighted by Gasteiger charge is -2.34. The molecule has 7 nitrogen and oxygen atoms in total. The van der Waals surface area contributed by atoms with Crippen molar-refractivity contribution in [2.75, 3.05) is 42.4 Å². The van der Waals surface area contributed by atoms with Crippen molar-refractivity contribution >= 4 is 21.5 Å². The van der Waals surface area contributed by atoms with Gasteiger partial charge < -0.3 is 15.0 Å². The van der Waals surface area contributed by atoms with E-state index < -0.39 is 9.84 Å². The molecule has 1 fully saturated rings. The molecule has 0 bridgehead atoms. The van der Waals surface area contributed by atoms with E-state index in [1.54, 1.807) is 14.2 Å². The van der Waals surface area contributed by atoms with Crippen molar-refractivity contribution in [3.05, 3.63) is 11.9 Å². The first-order valence-electron chi connectivity index (χ1n) is 6.47. The van der Waals surface area contributed by atoms with Crippen LogP contribution >= 0.6 is 0 Å². The summed E-state index contributed by atoms with van der Waals surface area (Å²) in [5, 5.41) is 2.98. The minimum atomic E-state index is -2.93. The highest BCUT2D eigenvalue weighted by Crippen LogP contribution is 2.22. The molecule has 0 amide bonds. The number of anilines is 2. The minimum absolute atomic E-state index is 0.0937. The second-order valence-electron chi connectivity index (χ2n) is 4.87. The second kappa shape index (κ2) is 5.92. The molecule has 1 N–H and O–H groups in total. The van der Waals surface area contributed by atoms with E-state index in [0.29, 0.717) is 24.8 Å². The number of ether oxygens (including phenoxy) is 1. The lowest BCUT2D eigenvalue weighted by molar-refractivity contribution is 0.178. The zero-order chi connectivity index (χ0) is 14.8. The van der Waals surface area contributed by atoms with Crippen LogP contribution in [0.4, 0.5) is 11.6 Å². The Bertz CT molecular complexity index is 576. The van der Waals surface area contributed by atoms with E-state index in [-0.39, 0.29) is 17.5 Å². The predicted octanol–water partition coefficient (Wildman–Crippen LogP) is 0.288. The summed E-state index contributed by atoms with van der Waals surface area (Å²) in [6.45, 7) is 2.67. The van der Waals surface area contributed by atoms with Crippen LogP contribution in [-0.2, 0) is 21.2 Å². The largest absolute Gasteiger partial charge is 0.377 e. The molecule has 1 aromatic rings. The third-order valence-electron chi connectivity index (χ3n) is 3.25. The van der Waals surface area contributed by atoms with Gasteiger partial charge in [-0.2, -0.15) is 0 Å². The molecule has 20 heavy (non-hydrogen) atoms. The zero-order valence-corrected chi connectivity index (χ0v) is 12.8. The molecule has 0 aromatic carbocycles. The summed E-state index contributed by atoms with van der Waals surface area (Å²) in [5.74, 6) is 2.33. The number of sulfone groups is 1. The first-order chi connectivity index (χ1) is 9.45. The summed E-state index contributed by atoms with van der Waals surface area (Å²) >= 11 is 0. The SMILES string of the molecule is CNc1cc(N2CCS(=O)(=O)CC2C)nc(COC)n1. The Kier molecular flexibility index (Phi) is 4.44. The van der Waals surface area contributed by atoms with Crippen LogP contribution in [0.25, 0.3) is 0 Å². The van der Waals surface area contributed by atoms with Crippen molar-refractivity contribution in [3.8, 4) is 0 Å². The molecule has 1 saturated heterocycles. The third-order valence-corrected chi connectivity index (χ3v) is 5.05. The summed E-state index contributed by atoms with van der Waals surface area (Å²) in [4.78, 5) is 10.7. The van der Waals surface area contributed by atoms with E-state index in [0.717, 1.165) is 5.82 Å². The molecule has 8 heteroatoms. The molecular formula is C12H20N4O3S. The Morgan fingerprint density at radius 3 is 2.85 bits per heavy atom. The van der Waals surface area contributed by atoms with Gasteiger partial charge in [-0.05, 0) is 6.92 Å². The highest BCUT2D eigenvalue weighted by molar-refractivity contribution is 7.91. The maximum atomic E-state index is 11.6. The zero-order valence-electron chi connectivity index (χ0n) is 12.0. The van der Waals surface area contributed by atoms with Gasteiger partial charge in [-0.3, -0.25) is 0 Å². The standard InChI is InChI=1S/C12H20N4O3S/c1-9-8-20(17,18)5-4-16(9)12-6-10(13-2)14-11(15-12)7-19-3/h6,9H,4-5,7-8H2,1-3H3,(H,13,14,15). The third kappa shape index (κ3) is 3.37. The number of aromatic nitrogens is 2. The highest BCUT2D eigenvalue weighted by atomic mass is 32.2. The second-order valence-corrected chi connectivity index (χ2v) is 7.10. The van der Waals surface area contributed by atoms with Gasteiger partial charge in [0.15, 0.2) is 15.7 Å². The van der Waals surface area contributed by atoms with Crippen LogP contribution in [0.5, 0.6) is 0 Å². The van der Waals surface area contributed by atoms with E-state index in [4.69, 9.17) is 4.74 Å². The Morgan fingerprint density at radius 1 is 1.50 bits per heavy atom. The average molecular weight is 300 g/mol. The van der Waals surface area contributed by atoms with Gasteiger partial charge in [0, 0.05) is 32.8 Å². The fraction of sp³-hybridized carbons (Fsp3) is 0.667. The van der Waals surface area contributed by atoms with Crippen molar-refractivity contribution < 1.29 is 13.2 Å². The lowest BCUT2D eigenvalue weighted by atomic mass is 10.3. The smallest absolute Gasteiger partial charge is 0.158 e. The van der Waals surface area contributed by atoms with Crippen molar-refractivity contribution in [3.63, 3.8) is 0 Å². The summed E-state index contributed by atoms with van der Waals surface area (Å²) < 4.78 is 28.3. The molecular weight excluding hydrogens is 280 g/mol. The maximum absolute atomic E-state index is 11.6. The Morgan fingerprint density at radius 2 is 2.25 bits per heavy atom. The number of nitrogens with zero attached hydrogens (tertiary/aromatic N) is 3. The van der Waals surface area contributed by atoms with Gasteiger partial charge in [0.2, 0.25) is 0 Å². The van der Waals surface area contributed by atoms with Gasteiger partial charge in [0.05, 0.1) is 11.5 Å². The topological polar surface area (TPSA) is 84.4 Å². The Hall–Kier alpha value is -1.41. The van der Waals surface area contributed by atoms with Gasteiger partial charge in [-0.25, -0.2) is 18.4 Å². The number of rotatable bonds is 4. The molecule has 0 radical (unpaired) electrons. The Labute approximate surface area is 119 Å². The van der Waals surface area contributed by atoms with Gasteiger partial charge in [-0.1, -0.05) is 0 Å². The fourth-order valence-electron chi connectivity index (χ4n) is 2.29. The number of methoxy groups -OCH3 is 1. The van der Waals surface area contributed by atoms with E-state index in [1.165, 1.54) is 0 Å². The first-order valence-corrected chi connectivity index (χ1v) is 8.29. The summed E-state index contributed by atoms with van der Waals surface area (Å²) in [6, 6.07) is 1.73.